The molecule has 6 nitrogen and oxygen atoms in total. The van der Waals surface area contributed by atoms with Gasteiger partial charge in [0.1, 0.15) is 0 Å². The molecule has 1 aromatic rings. The zero-order valence-electron chi connectivity index (χ0n) is 12.3. The number of aliphatic hydroxyl groups excluding tert-OH is 1. The van der Waals surface area contributed by atoms with Gasteiger partial charge in [-0.1, -0.05) is 6.92 Å². The molecule has 1 heterocycles. The van der Waals surface area contributed by atoms with Gasteiger partial charge in [-0.15, -0.1) is 11.3 Å². The van der Waals surface area contributed by atoms with Crippen molar-refractivity contribution in [3.8, 4) is 0 Å². The van der Waals surface area contributed by atoms with Gasteiger partial charge in [-0.2, -0.15) is 0 Å². The molecule has 0 aromatic carbocycles. The molecule has 7 heteroatoms. The standard InChI is InChI=1S/C13H22N2O4S/c1-5-9(2)14(6-7-19-4)13-11(15(17)18)8-12(20-13)10(3)16/h8-10,16H,5-7H2,1-4H3. The van der Waals surface area contributed by atoms with Gasteiger partial charge in [0.15, 0.2) is 5.00 Å². The van der Waals surface area contributed by atoms with Gasteiger partial charge in [0.25, 0.3) is 0 Å². The van der Waals surface area contributed by atoms with E-state index in [2.05, 4.69) is 0 Å². The number of hydrogen-bond acceptors (Lipinski definition) is 6. The first kappa shape index (κ1) is 16.9. The van der Waals surface area contributed by atoms with E-state index in [9.17, 15) is 15.2 Å². The minimum absolute atomic E-state index is 0.0577. The van der Waals surface area contributed by atoms with Gasteiger partial charge in [0.2, 0.25) is 0 Å². The molecular formula is C13H22N2O4S. The number of hydrogen-bond donors (Lipinski definition) is 1. The number of methoxy groups -OCH3 is 1. The van der Waals surface area contributed by atoms with Gasteiger partial charge >= 0.3 is 5.69 Å². The summed E-state index contributed by atoms with van der Waals surface area (Å²) in [5.41, 5.74) is 0.0577. The van der Waals surface area contributed by atoms with E-state index in [-0.39, 0.29) is 16.7 Å². The van der Waals surface area contributed by atoms with E-state index in [1.807, 2.05) is 18.7 Å². The Balaban J connectivity index is 3.19. The zero-order valence-corrected chi connectivity index (χ0v) is 13.1. The van der Waals surface area contributed by atoms with Crippen LogP contribution in [0.25, 0.3) is 0 Å². The number of nitrogens with zero attached hydrogens (tertiary/aromatic N) is 2. The largest absolute Gasteiger partial charge is 0.388 e. The number of thiophene rings is 1. The van der Waals surface area contributed by atoms with Crippen molar-refractivity contribution >= 4 is 22.0 Å². The molecule has 114 valence electrons. The average molecular weight is 302 g/mol. The van der Waals surface area contributed by atoms with Crippen molar-refractivity contribution in [2.75, 3.05) is 25.2 Å². The fraction of sp³-hybridized carbons (Fsp3) is 0.692. The predicted octanol–water partition coefficient (Wildman–Crippen LogP) is 2.96. The highest BCUT2D eigenvalue weighted by Gasteiger charge is 2.27. The lowest BCUT2D eigenvalue weighted by atomic mass is 10.2. The number of anilines is 1. The van der Waals surface area contributed by atoms with E-state index in [1.54, 1.807) is 14.0 Å². The van der Waals surface area contributed by atoms with Crippen LogP contribution in [0.4, 0.5) is 10.7 Å². The van der Waals surface area contributed by atoms with Gasteiger partial charge in [0.05, 0.1) is 17.6 Å². The number of nitro groups is 1. The van der Waals surface area contributed by atoms with Crippen molar-refractivity contribution in [3.05, 3.63) is 21.1 Å². The van der Waals surface area contributed by atoms with Crippen LogP contribution in [0.1, 0.15) is 38.2 Å². The maximum Gasteiger partial charge on any atom is 0.304 e. The lowest BCUT2D eigenvalue weighted by Crippen LogP contribution is -2.35. The van der Waals surface area contributed by atoms with Gasteiger partial charge < -0.3 is 14.7 Å². The Morgan fingerprint density at radius 2 is 2.20 bits per heavy atom. The first-order valence-corrected chi connectivity index (χ1v) is 7.45. The lowest BCUT2D eigenvalue weighted by Gasteiger charge is -2.28. The Kier molecular flexibility index (Phi) is 6.38. The van der Waals surface area contributed by atoms with Crippen LogP contribution < -0.4 is 4.90 Å². The minimum atomic E-state index is -0.700. The minimum Gasteiger partial charge on any atom is -0.388 e. The van der Waals surface area contributed by atoms with Gasteiger partial charge in [-0.25, -0.2) is 0 Å². The highest BCUT2D eigenvalue weighted by Crippen LogP contribution is 2.41. The smallest absolute Gasteiger partial charge is 0.304 e. The van der Waals surface area contributed by atoms with Crippen LogP contribution in [0.2, 0.25) is 0 Å². The molecule has 0 saturated heterocycles. The van der Waals surface area contributed by atoms with E-state index >= 15 is 0 Å². The monoisotopic (exact) mass is 302 g/mol. The van der Waals surface area contributed by atoms with Crippen LogP contribution in [0.15, 0.2) is 6.07 Å². The van der Waals surface area contributed by atoms with Crippen molar-refractivity contribution in [2.24, 2.45) is 0 Å². The Morgan fingerprint density at radius 1 is 1.55 bits per heavy atom. The number of aliphatic hydroxyl groups is 1. The van der Waals surface area contributed by atoms with Crippen LogP contribution in [-0.2, 0) is 4.74 Å². The molecule has 0 spiro atoms. The lowest BCUT2D eigenvalue weighted by molar-refractivity contribution is -0.383. The Morgan fingerprint density at radius 3 is 2.65 bits per heavy atom. The fourth-order valence-corrected chi connectivity index (χ4v) is 3.06. The maximum absolute atomic E-state index is 11.2. The summed E-state index contributed by atoms with van der Waals surface area (Å²) in [5, 5.41) is 21.5. The van der Waals surface area contributed by atoms with Gasteiger partial charge in [-0.05, 0) is 20.3 Å². The molecule has 1 aromatic heterocycles. The first-order chi connectivity index (χ1) is 9.42. The van der Waals surface area contributed by atoms with E-state index < -0.39 is 6.10 Å². The third kappa shape index (κ3) is 3.91. The zero-order chi connectivity index (χ0) is 15.3. The molecule has 0 aliphatic carbocycles. The molecule has 0 aliphatic rings. The molecule has 0 amide bonds. The van der Waals surface area contributed by atoms with Crippen molar-refractivity contribution in [1.29, 1.82) is 0 Å². The SMILES string of the molecule is CCC(C)N(CCOC)c1sc(C(C)O)cc1[N+](=O)[O-]. The molecule has 2 atom stereocenters. The van der Waals surface area contributed by atoms with Crippen LogP contribution in [-0.4, -0.2) is 36.3 Å². The van der Waals surface area contributed by atoms with Crippen LogP contribution >= 0.6 is 11.3 Å². The summed E-state index contributed by atoms with van der Waals surface area (Å²) in [6.07, 6.45) is 0.177. The van der Waals surface area contributed by atoms with Crippen molar-refractivity contribution in [2.45, 2.75) is 39.3 Å². The summed E-state index contributed by atoms with van der Waals surface area (Å²) in [5.74, 6) is 0. The third-order valence-corrected chi connectivity index (χ3v) is 4.57. The number of rotatable bonds is 8. The Labute approximate surface area is 123 Å². The van der Waals surface area contributed by atoms with Crippen molar-refractivity contribution < 1.29 is 14.8 Å². The van der Waals surface area contributed by atoms with Crippen LogP contribution in [0.5, 0.6) is 0 Å². The Bertz CT molecular complexity index is 448. The molecule has 0 bridgehead atoms. The van der Waals surface area contributed by atoms with Gasteiger partial charge in [-0.3, -0.25) is 10.1 Å². The molecule has 0 saturated carbocycles. The normalized spacial score (nSPS) is 14.1. The van der Waals surface area contributed by atoms with Crippen LogP contribution in [0.3, 0.4) is 0 Å². The second kappa shape index (κ2) is 7.56. The molecule has 0 fully saturated rings. The molecule has 2 unspecified atom stereocenters. The summed E-state index contributed by atoms with van der Waals surface area (Å²) < 4.78 is 5.09. The molecule has 1 N–H and O–H groups in total. The van der Waals surface area contributed by atoms with Crippen molar-refractivity contribution in [3.63, 3.8) is 0 Å². The molecule has 0 radical (unpaired) electrons. The first-order valence-electron chi connectivity index (χ1n) is 6.64. The summed E-state index contributed by atoms with van der Waals surface area (Å²) in [4.78, 5) is 13.4. The van der Waals surface area contributed by atoms with Crippen LogP contribution in [0, 0.1) is 10.1 Å². The quantitative estimate of drug-likeness (QED) is 0.590. The molecule has 20 heavy (non-hydrogen) atoms. The van der Waals surface area contributed by atoms with Crippen molar-refractivity contribution in [1.82, 2.24) is 0 Å². The summed E-state index contributed by atoms with van der Waals surface area (Å²) in [7, 11) is 1.61. The maximum atomic E-state index is 11.2. The highest BCUT2D eigenvalue weighted by molar-refractivity contribution is 7.16. The van der Waals surface area contributed by atoms with E-state index in [0.717, 1.165) is 6.42 Å². The summed E-state index contributed by atoms with van der Waals surface area (Å²) in [6, 6.07) is 1.64. The Hall–Kier alpha value is -1.18. The second-order valence-electron chi connectivity index (χ2n) is 4.72. The molecule has 0 aliphatic heterocycles. The van der Waals surface area contributed by atoms with E-state index in [0.29, 0.717) is 23.0 Å². The number of ether oxygens (including phenoxy) is 1. The topological polar surface area (TPSA) is 75.8 Å². The van der Waals surface area contributed by atoms with E-state index in [4.69, 9.17) is 4.74 Å². The molecule has 1 rings (SSSR count). The third-order valence-electron chi connectivity index (χ3n) is 3.24. The summed E-state index contributed by atoms with van der Waals surface area (Å²) >= 11 is 1.28. The average Bonchev–Trinajstić information content (AvgIpc) is 2.84. The fourth-order valence-electron chi connectivity index (χ4n) is 1.86. The highest BCUT2D eigenvalue weighted by atomic mass is 32.1. The second-order valence-corrected chi connectivity index (χ2v) is 5.78. The van der Waals surface area contributed by atoms with Gasteiger partial charge in [0, 0.05) is 30.6 Å². The summed E-state index contributed by atoms with van der Waals surface area (Å²) in [6.45, 7) is 6.78. The van der Waals surface area contributed by atoms with E-state index in [1.165, 1.54) is 17.4 Å². The molecular weight excluding hydrogens is 280 g/mol. The predicted molar refractivity (Wildman–Crippen MR) is 80.6 cm³/mol.